The monoisotopic (exact) mass is 450 g/mol. The molecule has 0 unspecified atom stereocenters. The minimum atomic E-state index is -0.677. The van der Waals surface area contributed by atoms with Crippen LogP contribution >= 0.6 is 0 Å². The van der Waals surface area contributed by atoms with Crippen molar-refractivity contribution in [3.63, 3.8) is 0 Å². The smallest absolute Gasteiger partial charge is 0.256 e. The Kier molecular flexibility index (Phi) is 5.50. The number of carbonyl (C=O) groups is 2. The molecule has 2 aromatic carbocycles. The maximum absolute atomic E-state index is 14.5. The summed E-state index contributed by atoms with van der Waals surface area (Å²) in [6, 6.07) is 10.9. The number of ether oxygens (including phenoxy) is 2. The summed E-state index contributed by atoms with van der Waals surface area (Å²) >= 11 is 0. The van der Waals surface area contributed by atoms with Gasteiger partial charge in [-0.2, -0.15) is 0 Å². The van der Waals surface area contributed by atoms with Gasteiger partial charge < -0.3 is 14.4 Å². The van der Waals surface area contributed by atoms with Crippen LogP contribution in [0.4, 0.5) is 8.78 Å². The van der Waals surface area contributed by atoms with Gasteiger partial charge in [-0.1, -0.05) is 12.1 Å². The molecule has 0 bridgehead atoms. The predicted octanol–water partition coefficient (Wildman–Crippen LogP) is 3.68. The van der Waals surface area contributed by atoms with E-state index in [0.29, 0.717) is 30.0 Å². The fraction of sp³-hybridized carbons (Fsp3) is 0.240. The zero-order valence-corrected chi connectivity index (χ0v) is 17.6. The summed E-state index contributed by atoms with van der Waals surface area (Å²) in [5.41, 5.74) is 1.94. The third kappa shape index (κ3) is 4.28. The number of nitrogens with zero attached hydrogens (tertiary/aromatic N) is 2. The highest BCUT2D eigenvalue weighted by Gasteiger charge is 2.34. The van der Waals surface area contributed by atoms with Gasteiger partial charge in [0.1, 0.15) is 18.2 Å². The second-order valence-electron chi connectivity index (χ2n) is 8.22. The van der Waals surface area contributed by atoms with Crippen LogP contribution in [0.1, 0.15) is 15.9 Å². The van der Waals surface area contributed by atoms with Crippen molar-refractivity contribution in [1.82, 2.24) is 9.88 Å². The van der Waals surface area contributed by atoms with Gasteiger partial charge in [0.25, 0.3) is 5.91 Å². The van der Waals surface area contributed by atoms with Crippen LogP contribution in [0.25, 0.3) is 11.1 Å². The molecule has 8 heteroatoms. The number of aromatic nitrogens is 1. The lowest BCUT2D eigenvalue weighted by atomic mass is 9.97. The minimum Gasteiger partial charge on any atom is -0.490 e. The van der Waals surface area contributed by atoms with Gasteiger partial charge in [0, 0.05) is 55.0 Å². The van der Waals surface area contributed by atoms with E-state index in [0.717, 1.165) is 11.6 Å². The molecule has 1 saturated heterocycles. The molecule has 0 atom stereocenters. The first kappa shape index (κ1) is 21.1. The maximum atomic E-state index is 14.5. The molecular weight excluding hydrogens is 430 g/mol. The van der Waals surface area contributed by atoms with Crippen LogP contribution in [0.3, 0.4) is 0 Å². The van der Waals surface area contributed by atoms with Crippen molar-refractivity contribution < 1.29 is 27.8 Å². The molecule has 33 heavy (non-hydrogen) atoms. The Labute approximate surface area is 188 Å². The van der Waals surface area contributed by atoms with Crippen LogP contribution in [-0.2, 0) is 11.2 Å². The largest absolute Gasteiger partial charge is 0.490 e. The molecule has 0 N–H and O–H groups in total. The molecule has 5 rings (SSSR count). The van der Waals surface area contributed by atoms with E-state index in [1.165, 1.54) is 17.0 Å². The Hall–Kier alpha value is -3.81. The summed E-state index contributed by atoms with van der Waals surface area (Å²) in [5.74, 6) is -1.27. The Morgan fingerprint density at radius 2 is 1.97 bits per heavy atom. The summed E-state index contributed by atoms with van der Waals surface area (Å²) in [6.45, 7) is 0.905. The molecule has 3 heterocycles. The summed E-state index contributed by atoms with van der Waals surface area (Å²) in [7, 11) is 0. The first-order chi connectivity index (χ1) is 16.0. The van der Waals surface area contributed by atoms with Crippen LogP contribution < -0.4 is 9.47 Å². The average molecular weight is 450 g/mol. The van der Waals surface area contributed by atoms with Crippen molar-refractivity contribution in [2.45, 2.75) is 6.42 Å². The number of hydrogen-bond donors (Lipinski definition) is 0. The van der Waals surface area contributed by atoms with Crippen molar-refractivity contribution in [2.24, 2.45) is 5.92 Å². The molecule has 0 saturated carbocycles. The van der Waals surface area contributed by atoms with E-state index < -0.39 is 17.5 Å². The third-order valence-corrected chi connectivity index (χ3v) is 5.80. The summed E-state index contributed by atoms with van der Waals surface area (Å²) in [6.07, 6.45) is 3.43. The minimum absolute atomic E-state index is 0.0111. The molecule has 3 aromatic rings. The molecule has 1 amide bonds. The SMILES string of the molecule is O=C1COc2cc(F)c(C(=O)N3CC(COc4ccc(-c5cccnc5)cc4F)C3)cc2C1. The lowest BCUT2D eigenvalue weighted by molar-refractivity contribution is -0.121. The molecular formula is C25H20F2N2O4. The number of ketones is 1. The van der Waals surface area contributed by atoms with Gasteiger partial charge in [0.2, 0.25) is 0 Å². The first-order valence-electron chi connectivity index (χ1n) is 10.6. The lowest BCUT2D eigenvalue weighted by Gasteiger charge is -2.39. The number of amides is 1. The standard InChI is InChI=1S/C25H20F2N2O4/c26-21-9-24-18(6-19(30)14-33-24)7-20(21)25(31)29-11-15(12-29)13-32-23-4-3-16(8-22(23)27)17-2-1-5-28-10-17/h1-5,7-10,15H,6,11-14H2. The van der Waals surface area contributed by atoms with E-state index >= 15 is 0 Å². The molecule has 6 nitrogen and oxygen atoms in total. The Morgan fingerprint density at radius 1 is 1.12 bits per heavy atom. The highest BCUT2D eigenvalue weighted by atomic mass is 19.1. The van der Waals surface area contributed by atoms with E-state index in [1.807, 2.05) is 6.07 Å². The number of carbonyl (C=O) groups excluding carboxylic acids is 2. The van der Waals surface area contributed by atoms with E-state index in [1.54, 1.807) is 30.6 Å². The van der Waals surface area contributed by atoms with Crippen molar-refractivity contribution in [3.8, 4) is 22.6 Å². The second-order valence-corrected chi connectivity index (χ2v) is 8.22. The first-order valence-corrected chi connectivity index (χ1v) is 10.6. The fourth-order valence-electron chi connectivity index (χ4n) is 4.01. The van der Waals surface area contributed by atoms with Crippen LogP contribution in [0, 0.1) is 17.6 Å². The molecule has 0 spiro atoms. The second kappa shape index (κ2) is 8.61. The molecule has 0 aliphatic carbocycles. The topological polar surface area (TPSA) is 68.7 Å². The number of benzene rings is 2. The molecule has 168 valence electrons. The van der Waals surface area contributed by atoms with Gasteiger partial charge in [0.15, 0.2) is 17.3 Å². The Bertz CT molecular complexity index is 1230. The van der Waals surface area contributed by atoms with Crippen molar-refractivity contribution >= 4 is 11.7 Å². The zero-order chi connectivity index (χ0) is 22.9. The van der Waals surface area contributed by atoms with Crippen LogP contribution in [0.15, 0.2) is 54.9 Å². The van der Waals surface area contributed by atoms with Crippen molar-refractivity contribution in [1.29, 1.82) is 0 Å². The number of halogens is 2. The van der Waals surface area contributed by atoms with E-state index in [2.05, 4.69) is 4.98 Å². The van der Waals surface area contributed by atoms with Gasteiger partial charge in [-0.3, -0.25) is 14.6 Å². The van der Waals surface area contributed by atoms with Gasteiger partial charge in [0.05, 0.1) is 12.2 Å². The summed E-state index contributed by atoms with van der Waals surface area (Å²) in [5, 5.41) is 0. The van der Waals surface area contributed by atoms with Gasteiger partial charge in [-0.05, 0) is 29.8 Å². The van der Waals surface area contributed by atoms with Gasteiger partial charge in [-0.25, -0.2) is 8.78 Å². The van der Waals surface area contributed by atoms with Gasteiger partial charge in [-0.15, -0.1) is 0 Å². The summed E-state index contributed by atoms with van der Waals surface area (Å²) < 4.78 is 39.7. The summed E-state index contributed by atoms with van der Waals surface area (Å²) in [4.78, 5) is 29.8. The Morgan fingerprint density at radius 3 is 2.73 bits per heavy atom. The van der Waals surface area contributed by atoms with Crippen LogP contribution in [-0.4, -0.2) is 47.9 Å². The zero-order valence-electron chi connectivity index (χ0n) is 17.6. The highest BCUT2D eigenvalue weighted by Crippen LogP contribution is 2.30. The normalized spacial score (nSPS) is 15.5. The number of hydrogen-bond acceptors (Lipinski definition) is 5. The third-order valence-electron chi connectivity index (χ3n) is 5.80. The quantitative estimate of drug-likeness (QED) is 0.593. The fourth-order valence-corrected chi connectivity index (χ4v) is 4.01. The maximum Gasteiger partial charge on any atom is 0.256 e. The number of fused-ring (bicyclic) bond motifs is 1. The molecule has 1 aromatic heterocycles. The number of Topliss-reactive ketones (excluding diaryl/α,β-unsaturated/α-hetero) is 1. The number of likely N-dealkylation sites (tertiary alicyclic amines) is 1. The van der Waals surface area contributed by atoms with E-state index in [-0.39, 0.29) is 42.6 Å². The highest BCUT2D eigenvalue weighted by molar-refractivity contribution is 5.96. The molecule has 2 aliphatic rings. The van der Waals surface area contributed by atoms with Gasteiger partial charge >= 0.3 is 0 Å². The lowest BCUT2D eigenvalue weighted by Crippen LogP contribution is -2.52. The van der Waals surface area contributed by atoms with E-state index in [9.17, 15) is 18.4 Å². The van der Waals surface area contributed by atoms with Crippen LogP contribution in [0.2, 0.25) is 0 Å². The predicted molar refractivity (Wildman–Crippen MR) is 115 cm³/mol. The average Bonchev–Trinajstić information content (AvgIpc) is 2.79. The van der Waals surface area contributed by atoms with Crippen LogP contribution in [0.5, 0.6) is 11.5 Å². The number of rotatable bonds is 5. The molecule has 1 fully saturated rings. The van der Waals surface area contributed by atoms with Crippen molar-refractivity contribution in [2.75, 3.05) is 26.3 Å². The number of pyridine rings is 1. The Balaban J connectivity index is 1.18. The van der Waals surface area contributed by atoms with E-state index in [4.69, 9.17) is 9.47 Å². The molecule has 2 aliphatic heterocycles. The van der Waals surface area contributed by atoms with Crippen molar-refractivity contribution in [3.05, 3.63) is 77.6 Å². The molecule has 0 radical (unpaired) electrons.